The van der Waals surface area contributed by atoms with Crippen molar-refractivity contribution in [1.82, 2.24) is 9.78 Å². The molecule has 0 unspecified atom stereocenters. The van der Waals surface area contributed by atoms with Crippen LogP contribution >= 0.6 is 0 Å². The Kier molecular flexibility index (Phi) is 3.88. The molecule has 0 aliphatic heterocycles. The molecule has 0 bridgehead atoms. The minimum atomic E-state index is -0.227. The van der Waals surface area contributed by atoms with Gasteiger partial charge in [-0.15, -0.1) is 0 Å². The predicted molar refractivity (Wildman–Crippen MR) is 63.1 cm³/mol. The molecule has 0 radical (unpaired) electrons. The van der Waals surface area contributed by atoms with Gasteiger partial charge in [-0.05, 0) is 36.1 Å². The fourth-order valence-electron chi connectivity index (χ4n) is 1.73. The Morgan fingerprint density at radius 2 is 2.18 bits per heavy atom. The smallest absolute Gasteiger partial charge is 0.123 e. The summed E-state index contributed by atoms with van der Waals surface area (Å²) in [7, 11) is 0. The summed E-state index contributed by atoms with van der Waals surface area (Å²) < 4.78 is 14.8. The summed E-state index contributed by atoms with van der Waals surface area (Å²) in [4.78, 5) is 0. The molecule has 3 nitrogen and oxygen atoms in total. The maximum Gasteiger partial charge on any atom is 0.123 e. The Hall–Kier alpha value is -1.68. The van der Waals surface area contributed by atoms with Crippen LogP contribution in [0.3, 0.4) is 0 Å². The second kappa shape index (κ2) is 5.59. The summed E-state index contributed by atoms with van der Waals surface area (Å²) in [5.74, 6) is -0.227. The van der Waals surface area contributed by atoms with E-state index in [0.29, 0.717) is 6.54 Å². The number of aromatic nitrogens is 2. The number of benzene rings is 1. The van der Waals surface area contributed by atoms with Gasteiger partial charge in [0.25, 0.3) is 0 Å². The third-order valence-corrected chi connectivity index (χ3v) is 2.54. The largest absolute Gasteiger partial charge is 0.396 e. The van der Waals surface area contributed by atoms with Crippen molar-refractivity contribution in [1.29, 1.82) is 0 Å². The molecule has 1 aromatic carbocycles. The molecule has 4 heteroatoms. The topological polar surface area (TPSA) is 38.1 Å². The summed E-state index contributed by atoms with van der Waals surface area (Å²) in [5, 5.41) is 12.9. The van der Waals surface area contributed by atoms with E-state index in [2.05, 4.69) is 5.10 Å². The highest BCUT2D eigenvalue weighted by Crippen LogP contribution is 2.07. The lowest BCUT2D eigenvalue weighted by Crippen LogP contribution is -2.00. The normalized spacial score (nSPS) is 10.7. The van der Waals surface area contributed by atoms with Crippen LogP contribution in [0.15, 0.2) is 36.7 Å². The van der Waals surface area contributed by atoms with Crippen molar-refractivity contribution in [2.45, 2.75) is 19.4 Å². The number of rotatable bonds is 5. The van der Waals surface area contributed by atoms with E-state index in [-0.39, 0.29) is 12.4 Å². The molecule has 0 fully saturated rings. The van der Waals surface area contributed by atoms with Gasteiger partial charge in [0.15, 0.2) is 0 Å². The predicted octanol–water partition coefficient (Wildman–Crippen LogP) is 2.00. The average molecular weight is 234 g/mol. The van der Waals surface area contributed by atoms with Crippen molar-refractivity contribution >= 4 is 0 Å². The van der Waals surface area contributed by atoms with Gasteiger partial charge in [0, 0.05) is 12.8 Å². The lowest BCUT2D eigenvalue weighted by Gasteiger charge is -2.01. The van der Waals surface area contributed by atoms with E-state index in [1.807, 2.05) is 12.3 Å². The summed E-state index contributed by atoms with van der Waals surface area (Å²) in [5.41, 5.74) is 1.98. The van der Waals surface area contributed by atoms with E-state index in [9.17, 15) is 4.39 Å². The molecule has 2 aromatic rings. The summed E-state index contributed by atoms with van der Waals surface area (Å²) in [6.07, 6.45) is 5.28. The van der Waals surface area contributed by atoms with Crippen molar-refractivity contribution in [2.24, 2.45) is 0 Å². The lowest BCUT2D eigenvalue weighted by molar-refractivity contribution is 0.288. The van der Waals surface area contributed by atoms with Crippen LogP contribution in [0.2, 0.25) is 0 Å². The Balaban J connectivity index is 2.01. The summed E-state index contributed by atoms with van der Waals surface area (Å²) >= 11 is 0. The highest BCUT2D eigenvalue weighted by molar-refractivity contribution is 5.17. The number of nitrogens with zero attached hydrogens (tertiary/aromatic N) is 2. The van der Waals surface area contributed by atoms with E-state index in [0.717, 1.165) is 24.0 Å². The molecule has 0 aliphatic rings. The molecule has 2 rings (SSSR count). The van der Waals surface area contributed by atoms with Gasteiger partial charge in [-0.1, -0.05) is 12.1 Å². The summed E-state index contributed by atoms with van der Waals surface area (Å²) in [6.45, 7) is 0.756. The van der Waals surface area contributed by atoms with Gasteiger partial charge in [0.2, 0.25) is 0 Å². The highest BCUT2D eigenvalue weighted by Gasteiger charge is 2.00. The lowest BCUT2D eigenvalue weighted by atomic mass is 10.2. The molecule has 17 heavy (non-hydrogen) atoms. The van der Waals surface area contributed by atoms with Crippen LogP contribution < -0.4 is 0 Å². The van der Waals surface area contributed by atoms with Crippen LogP contribution in [-0.4, -0.2) is 21.5 Å². The van der Waals surface area contributed by atoms with E-state index in [4.69, 9.17) is 5.11 Å². The van der Waals surface area contributed by atoms with Crippen LogP contribution in [-0.2, 0) is 13.0 Å². The molecule has 0 amide bonds. The van der Waals surface area contributed by atoms with E-state index in [1.165, 1.54) is 12.1 Å². The fraction of sp³-hybridized carbons (Fsp3) is 0.308. The van der Waals surface area contributed by atoms with Gasteiger partial charge in [0.05, 0.1) is 12.7 Å². The van der Waals surface area contributed by atoms with Crippen LogP contribution in [0, 0.1) is 5.82 Å². The average Bonchev–Trinajstić information content (AvgIpc) is 2.74. The minimum absolute atomic E-state index is 0.190. The second-order valence-corrected chi connectivity index (χ2v) is 4.00. The van der Waals surface area contributed by atoms with Gasteiger partial charge in [-0.2, -0.15) is 5.10 Å². The molecular formula is C13H15FN2O. The molecule has 0 atom stereocenters. The van der Waals surface area contributed by atoms with E-state index >= 15 is 0 Å². The zero-order valence-electron chi connectivity index (χ0n) is 9.51. The molecule has 90 valence electrons. The van der Waals surface area contributed by atoms with Crippen LogP contribution in [0.5, 0.6) is 0 Å². The van der Waals surface area contributed by atoms with Crippen molar-refractivity contribution in [3.05, 3.63) is 53.6 Å². The molecule has 1 heterocycles. The number of hydrogen-bond acceptors (Lipinski definition) is 2. The van der Waals surface area contributed by atoms with Crippen molar-refractivity contribution in [3.8, 4) is 0 Å². The SMILES string of the molecule is OCCCc1cnn(Cc2cccc(F)c2)c1. The first-order valence-corrected chi connectivity index (χ1v) is 5.64. The van der Waals surface area contributed by atoms with Gasteiger partial charge in [-0.25, -0.2) is 4.39 Å². The monoisotopic (exact) mass is 234 g/mol. The Morgan fingerprint density at radius 3 is 2.94 bits per heavy atom. The molecule has 0 saturated heterocycles. The first-order chi connectivity index (χ1) is 8.28. The number of hydrogen-bond donors (Lipinski definition) is 1. The number of halogens is 1. The number of aliphatic hydroxyl groups excluding tert-OH is 1. The quantitative estimate of drug-likeness (QED) is 0.859. The second-order valence-electron chi connectivity index (χ2n) is 4.00. The molecule has 0 saturated carbocycles. The maximum absolute atomic E-state index is 13.0. The Bertz CT molecular complexity index is 482. The van der Waals surface area contributed by atoms with Crippen molar-refractivity contribution < 1.29 is 9.50 Å². The zero-order chi connectivity index (χ0) is 12.1. The van der Waals surface area contributed by atoms with Gasteiger partial charge >= 0.3 is 0 Å². The van der Waals surface area contributed by atoms with Gasteiger partial charge < -0.3 is 5.11 Å². The molecule has 0 aliphatic carbocycles. The first kappa shape index (κ1) is 11.8. The van der Waals surface area contributed by atoms with Crippen molar-refractivity contribution in [2.75, 3.05) is 6.61 Å². The molecule has 1 N–H and O–H groups in total. The van der Waals surface area contributed by atoms with Crippen LogP contribution in [0.1, 0.15) is 17.5 Å². The third-order valence-electron chi connectivity index (χ3n) is 2.54. The fourth-order valence-corrected chi connectivity index (χ4v) is 1.73. The van der Waals surface area contributed by atoms with Crippen molar-refractivity contribution in [3.63, 3.8) is 0 Å². The first-order valence-electron chi connectivity index (χ1n) is 5.64. The molecule has 1 aromatic heterocycles. The maximum atomic E-state index is 13.0. The minimum Gasteiger partial charge on any atom is -0.396 e. The van der Waals surface area contributed by atoms with E-state index in [1.54, 1.807) is 16.9 Å². The standard InChI is InChI=1S/C13H15FN2O/c14-13-5-1-3-11(7-13)9-16-10-12(8-15-16)4-2-6-17/h1,3,5,7-8,10,17H,2,4,6,9H2. The van der Waals surface area contributed by atoms with Gasteiger partial charge in [0.1, 0.15) is 5.82 Å². The highest BCUT2D eigenvalue weighted by atomic mass is 19.1. The molecular weight excluding hydrogens is 219 g/mol. The third kappa shape index (κ3) is 3.39. The van der Waals surface area contributed by atoms with Crippen LogP contribution in [0.25, 0.3) is 0 Å². The summed E-state index contributed by atoms with van der Waals surface area (Å²) in [6, 6.07) is 6.51. The number of aliphatic hydroxyl groups is 1. The Morgan fingerprint density at radius 1 is 1.29 bits per heavy atom. The van der Waals surface area contributed by atoms with E-state index < -0.39 is 0 Å². The number of aryl methyl sites for hydroxylation is 1. The van der Waals surface area contributed by atoms with Crippen LogP contribution in [0.4, 0.5) is 4.39 Å². The van der Waals surface area contributed by atoms with Gasteiger partial charge in [-0.3, -0.25) is 4.68 Å². The zero-order valence-corrected chi connectivity index (χ0v) is 9.51. The molecule has 0 spiro atoms. The Labute approximate surface area is 99.5 Å².